The van der Waals surface area contributed by atoms with Crippen LogP contribution < -0.4 is 0 Å². The van der Waals surface area contributed by atoms with Crippen molar-refractivity contribution < 1.29 is 29.7 Å². The third-order valence-electron chi connectivity index (χ3n) is 6.39. The van der Waals surface area contributed by atoms with Gasteiger partial charge in [0.05, 0.1) is 18.6 Å². The van der Waals surface area contributed by atoms with E-state index in [1.165, 1.54) is 6.92 Å². The number of aromatic nitrogens is 2. The molecule has 3 rings (SSSR count). The van der Waals surface area contributed by atoms with Crippen molar-refractivity contribution in [2.45, 2.75) is 46.0 Å². The molecule has 0 saturated heterocycles. The second kappa shape index (κ2) is 10.8. The molecule has 1 heterocycles. The van der Waals surface area contributed by atoms with Gasteiger partial charge in [0, 0.05) is 36.9 Å². The summed E-state index contributed by atoms with van der Waals surface area (Å²) in [5.74, 6) is -1.71. The first kappa shape index (κ1) is 24.7. The van der Waals surface area contributed by atoms with Crippen molar-refractivity contribution >= 4 is 17.3 Å². The van der Waals surface area contributed by atoms with E-state index in [4.69, 9.17) is 0 Å². The van der Waals surface area contributed by atoms with Gasteiger partial charge < -0.3 is 15.3 Å². The smallest absolute Gasteiger partial charge is 0.167 e. The lowest BCUT2D eigenvalue weighted by atomic mass is 9.72. The first-order valence-electron chi connectivity index (χ1n) is 11.2. The summed E-state index contributed by atoms with van der Waals surface area (Å²) in [7, 11) is 0. The topological polar surface area (TPSA) is 138 Å². The molecule has 3 N–H and O–H groups in total. The molecule has 176 valence electrons. The van der Waals surface area contributed by atoms with E-state index in [0.29, 0.717) is 40.9 Å². The van der Waals surface area contributed by atoms with Crippen LogP contribution in [0, 0.1) is 24.7 Å². The summed E-state index contributed by atoms with van der Waals surface area (Å²) in [6.45, 7) is 2.46. The van der Waals surface area contributed by atoms with Crippen molar-refractivity contribution in [1.82, 2.24) is 9.97 Å². The number of fused-ring (bicyclic) bond motifs is 1. The van der Waals surface area contributed by atoms with Gasteiger partial charge in [0.15, 0.2) is 11.6 Å². The minimum absolute atomic E-state index is 0.0371. The molecule has 2 aromatic rings. The quantitative estimate of drug-likeness (QED) is 0.466. The van der Waals surface area contributed by atoms with Crippen molar-refractivity contribution in [3.05, 3.63) is 41.2 Å². The number of carbonyl (C=O) groups excluding carboxylic acids is 3. The molecule has 0 amide bonds. The second-order valence-electron chi connectivity index (χ2n) is 8.86. The molecule has 8 nitrogen and oxygen atoms in total. The van der Waals surface area contributed by atoms with Gasteiger partial charge in [-0.1, -0.05) is 0 Å². The lowest BCUT2D eigenvalue weighted by molar-refractivity contribution is -0.131. The van der Waals surface area contributed by atoms with Gasteiger partial charge in [-0.3, -0.25) is 14.4 Å². The molecular formula is C25H30N2O6. The van der Waals surface area contributed by atoms with Gasteiger partial charge in [-0.25, -0.2) is 9.97 Å². The van der Waals surface area contributed by atoms with Crippen molar-refractivity contribution in [2.24, 2.45) is 17.8 Å². The van der Waals surface area contributed by atoms with Gasteiger partial charge in [0.1, 0.15) is 17.3 Å². The Balaban J connectivity index is 1.94. The van der Waals surface area contributed by atoms with Crippen molar-refractivity contribution in [3.63, 3.8) is 0 Å². The molecule has 1 aliphatic rings. The average Bonchev–Trinajstić information content (AvgIpc) is 2.76. The average molecular weight is 455 g/mol. The lowest BCUT2D eigenvalue weighted by Crippen LogP contribution is -2.32. The highest BCUT2D eigenvalue weighted by Crippen LogP contribution is 2.41. The Labute approximate surface area is 192 Å². The molecule has 0 aliphatic heterocycles. The van der Waals surface area contributed by atoms with E-state index in [0.717, 1.165) is 0 Å². The minimum Gasteiger partial charge on any atom is -0.507 e. The van der Waals surface area contributed by atoms with Crippen molar-refractivity contribution in [3.8, 4) is 17.1 Å². The van der Waals surface area contributed by atoms with Gasteiger partial charge in [0.2, 0.25) is 0 Å². The maximum atomic E-state index is 13.1. The van der Waals surface area contributed by atoms with Gasteiger partial charge in [-0.05, 0) is 68.2 Å². The highest BCUT2D eigenvalue weighted by atomic mass is 16.3. The molecule has 0 bridgehead atoms. The Morgan fingerprint density at radius 3 is 2.48 bits per heavy atom. The SMILES string of the molecule is CC(=O)CC(=O)C(CO)C(CCO)CC1CC(=O)c2c(O)c(C)cc(-c3ncccn3)c2C1. The summed E-state index contributed by atoms with van der Waals surface area (Å²) >= 11 is 0. The summed E-state index contributed by atoms with van der Waals surface area (Å²) < 4.78 is 0. The van der Waals surface area contributed by atoms with Crippen LogP contribution in [0.15, 0.2) is 24.5 Å². The van der Waals surface area contributed by atoms with Crippen LogP contribution in [0.3, 0.4) is 0 Å². The van der Waals surface area contributed by atoms with Crippen LogP contribution in [0.1, 0.15) is 54.1 Å². The summed E-state index contributed by atoms with van der Waals surface area (Å²) in [6.07, 6.45) is 4.31. The Morgan fingerprint density at radius 2 is 1.88 bits per heavy atom. The Hall–Kier alpha value is -2.97. The summed E-state index contributed by atoms with van der Waals surface area (Å²) in [5, 5.41) is 30.1. The number of hydrogen-bond acceptors (Lipinski definition) is 8. The lowest BCUT2D eigenvalue weighted by Gasteiger charge is -2.32. The predicted octanol–water partition coefficient (Wildman–Crippen LogP) is 2.45. The molecular weight excluding hydrogens is 424 g/mol. The van der Waals surface area contributed by atoms with Gasteiger partial charge in [-0.15, -0.1) is 0 Å². The van der Waals surface area contributed by atoms with Crippen molar-refractivity contribution in [2.75, 3.05) is 13.2 Å². The zero-order chi connectivity index (χ0) is 24.1. The molecule has 3 unspecified atom stereocenters. The molecule has 0 spiro atoms. The number of ketones is 3. The van der Waals surface area contributed by atoms with Crippen LogP contribution in [-0.2, 0) is 16.0 Å². The molecule has 33 heavy (non-hydrogen) atoms. The number of benzene rings is 1. The zero-order valence-corrected chi connectivity index (χ0v) is 19.0. The number of nitrogens with zero attached hydrogens (tertiary/aromatic N) is 2. The zero-order valence-electron chi connectivity index (χ0n) is 19.0. The third-order valence-corrected chi connectivity index (χ3v) is 6.39. The normalized spacial score (nSPS) is 17.3. The van der Waals surface area contributed by atoms with E-state index in [-0.39, 0.29) is 60.8 Å². The molecule has 1 aromatic heterocycles. The first-order chi connectivity index (χ1) is 15.8. The summed E-state index contributed by atoms with van der Waals surface area (Å²) in [6, 6.07) is 3.47. The number of carbonyl (C=O) groups is 3. The minimum atomic E-state index is -0.777. The van der Waals surface area contributed by atoms with E-state index in [1.807, 2.05) is 0 Å². The van der Waals surface area contributed by atoms with Gasteiger partial charge >= 0.3 is 0 Å². The van der Waals surface area contributed by atoms with E-state index >= 15 is 0 Å². The van der Waals surface area contributed by atoms with E-state index in [1.54, 1.807) is 31.5 Å². The number of aliphatic hydroxyl groups excluding tert-OH is 2. The Morgan fingerprint density at radius 1 is 1.18 bits per heavy atom. The number of Topliss-reactive ketones (excluding diaryl/α,β-unsaturated/α-hetero) is 3. The molecule has 3 atom stereocenters. The molecule has 0 saturated carbocycles. The van der Waals surface area contributed by atoms with Gasteiger partial charge in [0.25, 0.3) is 0 Å². The van der Waals surface area contributed by atoms with Crippen LogP contribution >= 0.6 is 0 Å². The predicted molar refractivity (Wildman–Crippen MR) is 121 cm³/mol. The fourth-order valence-corrected chi connectivity index (χ4v) is 4.86. The monoisotopic (exact) mass is 454 g/mol. The number of phenolic OH excluding ortho intramolecular Hbond substituents is 1. The summed E-state index contributed by atoms with van der Waals surface area (Å²) in [5.41, 5.74) is 2.21. The second-order valence-corrected chi connectivity index (χ2v) is 8.86. The number of phenols is 1. The number of aromatic hydroxyl groups is 1. The number of hydrogen-bond donors (Lipinski definition) is 3. The van der Waals surface area contributed by atoms with E-state index in [9.17, 15) is 29.7 Å². The molecule has 1 aliphatic carbocycles. The molecule has 8 heteroatoms. The molecule has 0 fully saturated rings. The number of rotatable bonds is 10. The van der Waals surface area contributed by atoms with Gasteiger partial charge in [-0.2, -0.15) is 0 Å². The Kier molecular flexibility index (Phi) is 8.05. The number of aliphatic hydroxyl groups is 2. The third kappa shape index (κ3) is 5.51. The van der Waals surface area contributed by atoms with Crippen LogP contribution in [0.2, 0.25) is 0 Å². The molecule has 1 aromatic carbocycles. The Bertz CT molecular complexity index is 1040. The highest BCUT2D eigenvalue weighted by molar-refractivity contribution is 6.03. The fraction of sp³-hybridized carbons (Fsp3) is 0.480. The largest absolute Gasteiger partial charge is 0.507 e. The van der Waals surface area contributed by atoms with E-state index < -0.39 is 12.5 Å². The molecule has 0 radical (unpaired) electrons. The first-order valence-corrected chi connectivity index (χ1v) is 11.2. The fourth-order valence-electron chi connectivity index (χ4n) is 4.86. The highest BCUT2D eigenvalue weighted by Gasteiger charge is 2.35. The standard InChI is InChI=1S/C25H30N2O6/c1-14-8-19(25-26-5-3-6-27-25)18-11-16(12-22(32)23(18)24(14)33)10-17(4-7-28)20(13-29)21(31)9-15(2)30/h3,5-6,8,16-17,20,28-29,33H,4,7,9-13H2,1-2H3. The maximum Gasteiger partial charge on any atom is 0.167 e. The van der Waals surface area contributed by atoms with Crippen molar-refractivity contribution in [1.29, 1.82) is 0 Å². The van der Waals surface area contributed by atoms with Crippen LogP contribution in [0.4, 0.5) is 0 Å². The van der Waals surface area contributed by atoms with Crippen LogP contribution in [0.25, 0.3) is 11.4 Å². The summed E-state index contributed by atoms with van der Waals surface area (Å²) in [4.78, 5) is 45.7. The number of aryl methyl sites for hydroxylation is 1. The maximum absolute atomic E-state index is 13.1. The van der Waals surface area contributed by atoms with Crippen LogP contribution in [-0.4, -0.2) is 55.9 Å². The van der Waals surface area contributed by atoms with Crippen LogP contribution in [0.5, 0.6) is 5.75 Å². The van der Waals surface area contributed by atoms with E-state index in [2.05, 4.69) is 9.97 Å².